The highest BCUT2D eigenvalue weighted by Crippen LogP contribution is 2.36. The molecule has 0 spiro atoms. The summed E-state index contributed by atoms with van der Waals surface area (Å²) in [7, 11) is 0. The number of hydrogen-bond donors (Lipinski definition) is 0. The summed E-state index contributed by atoms with van der Waals surface area (Å²) in [5, 5.41) is 4.26. The third-order valence-corrected chi connectivity index (χ3v) is 5.52. The minimum Gasteiger partial charge on any atom is -0.479 e. The second kappa shape index (κ2) is 6.28. The van der Waals surface area contributed by atoms with E-state index in [0.717, 1.165) is 36.6 Å². The fraction of sp³-hybridized carbons (Fsp3) is 0.412. The van der Waals surface area contributed by atoms with Crippen molar-refractivity contribution >= 4 is 17.7 Å². The van der Waals surface area contributed by atoms with Crippen molar-refractivity contribution in [2.24, 2.45) is 0 Å². The van der Waals surface area contributed by atoms with Crippen LogP contribution in [0.25, 0.3) is 0 Å². The van der Waals surface area contributed by atoms with Crippen LogP contribution >= 0.6 is 11.8 Å². The molecule has 23 heavy (non-hydrogen) atoms. The van der Waals surface area contributed by atoms with Crippen molar-refractivity contribution in [1.82, 2.24) is 14.7 Å². The zero-order valence-electron chi connectivity index (χ0n) is 12.8. The van der Waals surface area contributed by atoms with E-state index in [2.05, 4.69) is 5.10 Å². The first-order chi connectivity index (χ1) is 11.3. The molecule has 6 heteroatoms. The maximum Gasteiger partial charge on any atom is 0.264 e. The molecule has 4 rings (SSSR count). The van der Waals surface area contributed by atoms with E-state index >= 15 is 0 Å². The van der Waals surface area contributed by atoms with Crippen LogP contribution in [0.2, 0.25) is 0 Å². The molecule has 5 nitrogen and oxygen atoms in total. The lowest BCUT2D eigenvalue weighted by atomic mass is 10.2. The first kappa shape index (κ1) is 14.6. The van der Waals surface area contributed by atoms with Crippen molar-refractivity contribution in [3.63, 3.8) is 0 Å². The molecule has 120 valence electrons. The minimum absolute atomic E-state index is 0.113. The molecule has 0 saturated carbocycles. The molecule has 0 radical (unpaired) electrons. The molecule has 0 aliphatic carbocycles. The van der Waals surface area contributed by atoms with Crippen LogP contribution < -0.4 is 4.74 Å². The number of nitrogens with zero attached hydrogens (tertiary/aromatic N) is 3. The predicted molar refractivity (Wildman–Crippen MR) is 88.5 cm³/mol. The Morgan fingerprint density at radius 2 is 2.26 bits per heavy atom. The first-order valence-electron chi connectivity index (χ1n) is 7.97. The number of aromatic nitrogens is 2. The van der Waals surface area contributed by atoms with Crippen LogP contribution in [0.15, 0.2) is 47.6 Å². The molecular formula is C17H19N3O2S. The van der Waals surface area contributed by atoms with Gasteiger partial charge in [0, 0.05) is 29.6 Å². The van der Waals surface area contributed by atoms with Crippen molar-refractivity contribution in [1.29, 1.82) is 0 Å². The van der Waals surface area contributed by atoms with Gasteiger partial charge in [0.05, 0.1) is 12.6 Å². The Kier molecular flexibility index (Phi) is 3.99. The average molecular weight is 329 g/mol. The number of thioether (sulfide) groups is 1. The number of carbonyl (C=O) groups is 1. The summed E-state index contributed by atoms with van der Waals surface area (Å²) < 4.78 is 7.86. The van der Waals surface area contributed by atoms with E-state index in [1.807, 2.05) is 46.1 Å². The highest BCUT2D eigenvalue weighted by molar-refractivity contribution is 7.99. The van der Waals surface area contributed by atoms with Gasteiger partial charge in [-0.15, -0.1) is 11.8 Å². The maximum atomic E-state index is 12.9. The lowest BCUT2D eigenvalue weighted by molar-refractivity contribution is -0.139. The molecule has 2 atom stereocenters. The van der Waals surface area contributed by atoms with Crippen LogP contribution in [0.1, 0.15) is 12.8 Å². The van der Waals surface area contributed by atoms with Crippen molar-refractivity contribution in [2.75, 3.05) is 12.3 Å². The van der Waals surface area contributed by atoms with Gasteiger partial charge in [0.2, 0.25) is 0 Å². The predicted octanol–water partition coefficient (Wildman–Crippen LogP) is 2.43. The van der Waals surface area contributed by atoms with Gasteiger partial charge in [0.1, 0.15) is 5.75 Å². The summed E-state index contributed by atoms with van der Waals surface area (Å²) in [6.45, 7) is 1.58. The number of amides is 1. The average Bonchev–Trinajstić information content (AvgIpc) is 3.26. The minimum atomic E-state index is -0.381. The molecule has 1 amide bonds. The van der Waals surface area contributed by atoms with Gasteiger partial charge in [-0.3, -0.25) is 9.48 Å². The Morgan fingerprint density at radius 3 is 3.13 bits per heavy atom. The maximum absolute atomic E-state index is 12.9. The molecule has 1 saturated heterocycles. The van der Waals surface area contributed by atoms with E-state index in [-0.39, 0.29) is 18.1 Å². The molecule has 2 aromatic rings. The highest BCUT2D eigenvalue weighted by Gasteiger charge is 2.36. The third kappa shape index (κ3) is 2.95. The number of benzene rings is 1. The third-order valence-electron chi connectivity index (χ3n) is 4.40. The molecule has 1 aromatic carbocycles. The molecule has 1 aromatic heterocycles. The molecule has 2 aliphatic heterocycles. The van der Waals surface area contributed by atoms with E-state index in [9.17, 15) is 4.79 Å². The summed E-state index contributed by atoms with van der Waals surface area (Å²) in [5.74, 6) is 1.62. The number of fused-ring (bicyclic) bond motifs is 1. The van der Waals surface area contributed by atoms with Crippen LogP contribution in [0.3, 0.4) is 0 Å². The Morgan fingerprint density at radius 1 is 1.35 bits per heavy atom. The SMILES string of the molecule is O=C(C1CSc2ccccc2O1)N1CCCC1Cn1cccn1. The monoisotopic (exact) mass is 329 g/mol. The molecule has 1 fully saturated rings. The summed E-state index contributed by atoms with van der Waals surface area (Å²) in [4.78, 5) is 16.0. The summed E-state index contributed by atoms with van der Waals surface area (Å²) >= 11 is 1.70. The quantitative estimate of drug-likeness (QED) is 0.868. The number of likely N-dealkylation sites (tertiary alicyclic amines) is 1. The Balaban J connectivity index is 1.46. The summed E-state index contributed by atoms with van der Waals surface area (Å²) in [6, 6.07) is 10.1. The number of ether oxygens (including phenoxy) is 1. The van der Waals surface area contributed by atoms with Gasteiger partial charge in [-0.05, 0) is 31.0 Å². The van der Waals surface area contributed by atoms with E-state index in [1.54, 1.807) is 18.0 Å². The molecule has 0 N–H and O–H groups in total. The summed E-state index contributed by atoms with van der Waals surface area (Å²) in [6.07, 6.45) is 5.42. The van der Waals surface area contributed by atoms with Crippen LogP contribution in [0.5, 0.6) is 5.75 Å². The zero-order chi connectivity index (χ0) is 15.6. The van der Waals surface area contributed by atoms with Crippen LogP contribution in [0, 0.1) is 0 Å². The van der Waals surface area contributed by atoms with E-state index < -0.39 is 0 Å². The van der Waals surface area contributed by atoms with E-state index in [1.165, 1.54) is 0 Å². The Hall–Kier alpha value is -1.95. The van der Waals surface area contributed by atoms with Gasteiger partial charge in [0.15, 0.2) is 6.10 Å². The van der Waals surface area contributed by atoms with Crippen LogP contribution in [0.4, 0.5) is 0 Å². The number of para-hydroxylation sites is 1. The fourth-order valence-corrected chi connectivity index (χ4v) is 4.24. The van der Waals surface area contributed by atoms with Crippen LogP contribution in [-0.4, -0.2) is 45.0 Å². The fourth-order valence-electron chi connectivity index (χ4n) is 3.27. The van der Waals surface area contributed by atoms with Gasteiger partial charge in [-0.2, -0.15) is 5.10 Å². The van der Waals surface area contributed by atoms with Crippen molar-refractivity contribution in [3.05, 3.63) is 42.7 Å². The van der Waals surface area contributed by atoms with Gasteiger partial charge in [0.25, 0.3) is 5.91 Å². The molecule has 2 unspecified atom stereocenters. The molecular weight excluding hydrogens is 310 g/mol. The Bertz CT molecular complexity index is 689. The standard InChI is InChI=1S/C17H19N3O2S/c21-17(15-12-23-16-7-2-1-6-14(16)22-15)20-10-3-5-13(20)11-19-9-4-8-18-19/h1-2,4,6-9,13,15H,3,5,10-12H2. The topological polar surface area (TPSA) is 47.4 Å². The zero-order valence-corrected chi connectivity index (χ0v) is 13.6. The molecule has 2 aliphatic rings. The van der Waals surface area contributed by atoms with Gasteiger partial charge >= 0.3 is 0 Å². The highest BCUT2D eigenvalue weighted by atomic mass is 32.2. The van der Waals surface area contributed by atoms with E-state index in [4.69, 9.17) is 4.74 Å². The normalized spacial score (nSPS) is 23.4. The Labute approximate surface area is 139 Å². The lowest BCUT2D eigenvalue weighted by Gasteiger charge is -2.31. The number of hydrogen-bond acceptors (Lipinski definition) is 4. The van der Waals surface area contributed by atoms with Gasteiger partial charge < -0.3 is 9.64 Å². The van der Waals surface area contributed by atoms with E-state index in [0.29, 0.717) is 5.75 Å². The lowest BCUT2D eigenvalue weighted by Crippen LogP contribution is -2.47. The molecule has 0 bridgehead atoms. The number of rotatable bonds is 3. The molecule has 3 heterocycles. The van der Waals surface area contributed by atoms with Crippen molar-refractivity contribution in [2.45, 2.75) is 36.4 Å². The van der Waals surface area contributed by atoms with Crippen molar-refractivity contribution < 1.29 is 9.53 Å². The van der Waals surface area contributed by atoms with Crippen molar-refractivity contribution in [3.8, 4) is 5.75 Å². The second-order valence-corrected chi connectivity index (χ2v) is 6.98. The largest absolute Gasteiger partial charge is 0.479 e. The summed E-state index contributed by atoms with van der Waals surface area (Å²) in [5.41, 5.74) is 0. The van der Waals surface area contributed by atoms with Gasteiger partial charge in [-0.25, -0.2) is 0 Å². The first-order valence-corrected chi connectivity index (χ1v) is 8.96. The van der Waals surface area contributed by atoms with Gasteiger partial charge in [-0.1, -0.05) is 12.1 Å². The number of carbonyl (C=O) groups excluding carboxylic acids is 1. The smallest absolute Gasteiger partial charge is 0.264 e. The second-order valence-electron chi connectivity index (χ2n) is 5.92. The van der Waals surface area contributed by atoms with Crippen LogP contribution in [-0.2, 0) is 11.3 Å².